The van der Waals surface area contributed by atoms with Crippen LogP contribution in [0.1, 0.15) is 24.2 Å². The van der Waals surface area contributed by atoms with Crippen LogP contribution in [-0.2, 0) is 7.05 Å². The number of aromatic nitrogens is 2. The predicted molar refractivity (Wildman–Crippen MR) is 50.0 cm³/mol. The molecule has 1 N–H and O–H groups in total. The third-order valence-corrected chi connectivity index (χ3v) is 2.01. The van der Waals surface area contributed by atoms with Gasteiger partial charge in [0.1, 0.15) is 0 Å². The van der Waals surface area contributed by atoms with Crippen molar-refractivity contribution in [1.29, 1.82) is 5.26 Å². The van der Waals surface area contributed by atoms with Gasteiger partial charge in [0.05, 0.1) is 18.3 Å². The summed E-state index contributed by atoms with van der Waals surface area (Å²) in [5.41, 5.74) is 2.16. The van der Waals surface area contributed by atoms with Crippen molar-refractivity contribution in [2.75, 3.05) is 6.54 Å². The van der Waals surface area contributed by atoms with Gasteiger partial charge in [0, 0.05) is 24.8 Å². The van der Waals surface area contributed by atoms with Gasteiger partial charge in [0.2, 0.25) is 0 Å². The zero-order valence-electron chi connectivity index (χ0n) is 8.20. The zero-order valence-corrected chi connectivity index (χ0v) is 8.20. The van der Waals surface area contributed by atoms with Gasteiger partial charge in [0.25, 0.3) is 0 Å². The first-order valence-corrected chi connectivity index (χ1v) is 4.25. The molecule has 0 spiro atoms. The van der Waals surface area contributed by atoms with Gasteiger partial charge in [-0.2, -0.15) is 10.4 Å². The number of hydrogen-bond donors (Lipinski definition) is 1. The van der Waals surface area contributed by atoms with Gasteiger partial charge < -0.3 is 0 Å². The highest BCUT2D eigenvalue weighted by Crippen LogP contribution is 2.14. The maximum absolute atomic E-state index is 8.40. The van der Waals surface area contributed by atoms with E-state index in [9.17, 15) is 0 Å². The van der Waals surface area contributed by atoms with Crippen molar-refractivity contribution in [3.8, 4) is 6.07 Å². The van der Waals surface area contributed by atoms with Crippen LogP contribution in [0.15, 0.2) is 6.20 Å². The minimum absolute atomic E-state index is 0.188. The van der Waals surface area contributed by atoms with Gasteiger partial charge in [-0.05, 0) is 13.8 Å². The molecule has 0 aliphatic rings. The molecule has 4 heteroatoms. The second-order valence-corrected chi connectivity index (χ2v) is 3.10. The summed E-state index contributed by atoms with van der Waals surface area (Å²) in [4.78, 5) is 0. The quantitative estimate of drug-likeness (QED) is 0.700. The van der Waals surface area contributed by atoms with Gasteiger partial charge in [-0.1, -0.05) is 0 Å². The van der Waals surface area contributed by atoms with E-state index in [2.05, 4.69) is 16.5 Å². The van der Waals surface area contributed by atoms with Crippen molar-refractivity contribution >= 4 is 0 Å². The molecule has 0 aliphatic carbocycles. The molecule has 70 valence electrons. The van der Waals surface area contributed by atoms with Gasteiger partial charge in [-0.3, -0.25) is 10.00 Å². The molecule has 0 saturated carbocycles. The molecular formula is C9H14N4. The van der Waals surface area contributed by atoms with Crippen LogP contribution in [0.4, 0.5) is 0 Å². The minimum atomic E-state index is 0.188. The third-order valence-electron chi connectivity index (χ3n) is 2.01. The van der Waals surface area contributed by atoms with Crippen molar-refractivity contribution in [2.45, 2.75) is 19.9 Å². The smallest absolute Gasteiger partial charge is 0.0845 e. The Labute approximate surface area is 78.2 Å². The summed E-state index contributed by atoms with van der Waals surface area (Å²) in [7, 11) is 1.90. The highest BCUT2D eigenvalue weighted by molar-refractivity contribution is 5.19. The number of nitrogens with zero attached hydrogens (tertiary/aromatic N) is 3. The summed E-state index contributed by atoms with van der Waals surface area (Å²) in [6, 6.07) is 2.24. The lowest BCUT2D eigenvalue weighted by molar-refractivity contribution is 0.617. The molecule has 0 radical (unpaired) electrons. The summed E-state index contributed by atoms with van der Waals surface area (Å²) >= 11 is 0. The molecule has 1 aromatic heterocycles. The maximum Gasteiger partial charge on any atom is 0.0845 e. The lowest BCUT2D eigenvalue weighted by atomic mass is 10.1. The van der Waals surface area contributed by atoms with Crippen LogP contribution in [0, 0.1) is 18.3 Å². The molecule has 13 heavy (non-hydrogen) atoms. The third kappa shape index (κ3) is 2.30. The first-order valence-electron chi connectivity index (χ1n) is 4.25. The number of aryl methyl sites for hydroxylation is 2. The lowest BCUT2D eigenvalue weighted by Gasteiger charge is -2.09. The van der Waals surface area contributed by atoms with E-state index >= 15 is 0 Å². The molecule has 0 fully saturated rings. The summed E-state index contributed by atoms with van der Waals surface area (Å²) in [6.07, 6.45) is 1.98. The Morgan fingerprint density at radius 3 is 2.92 bits per heavy atom. The van der Waals surface area contributed by atoms with Gasteiger partial charge >= 0.3 is 0 Å². The highest BCUT2D eigenvalue weighted by atomic mass is 15.3. The Balaban J connectivity index is 2.71. The fraction of sp³-hybridized carbons (Fsp3) is 0.556. The van der Waals surface area contributed by atoms with Crippen LogP contribution in [-0.4, -0.2) is 16.3 Å². The molecule has 0 saturated heterocycles. The first kappa shape index (κ1) is 9.75. The molecule has 1 heterocycles. The van der Waals surface area contributed by atoms with Gasteiger partial charge in [-0.25, -0.2) is 0 Å². The summed E-state index contributed by atoms with van der Waals surface area (Å²) in [5.74, 6) is 0. The molecule has 0 amide bonds. The van der Waals surface area contributed by atoms with Crippen LogP contribution in [0.25, 0.3) is 0 Å². The molecule has 0 bridgehead atoms. The largest absolute Gasteiger partial charge is 0.298 e. The molecule has 4 nitrogen and oxygen atoms in total. The molecule has 0 aliphatic heterocycles. The number of nitrogens with one attached hydrogen (secondary N) is 1. The fourth-order valence-corrected chi connectivity index (χ4v) is 1.35. The molecule has 1 atom stereocenters. The Bertz CT molecular complexity index is 321. The summed E-state index contributed by atoms with van der Waals surface area (Å²) < 4.78 is 1.79. The van der Waals surface area contributed by atoms with E-state index in [4.69, 9.17) is 5.26 Å². The van der Waals surface area contributed by atoms with Crippen molar-refractivity contribution in [2.24, 2.45) is 7.05 Å². The van der Waals surface area contributed by atoms with E-state index in [0.29, 0.717) is 6.54 Å². The number of nitriles is 1. The number of rotatable bonds is 3. The predicted octanol–water partition coefficient (Wildman–Crippen LogP) is 0.903. The van der Waals surface area contributed by atoms with E-state index in [0.717, 1.165) is 11.3 Å². The second kappa shape index (κ2) is 4.06. The average Bonchev–Trinajstić information content (AvgIpc) is 2.41. The maximum atomic E-state index is 8.40. The van der Waals surface area contributed by atoms with Crippen LogP contribution >= 0.6 is 0 Å². The molecule has 0 aromatic carbocycles. The Hall–Kier alpha value is -1.34. The van der Waals surface area contributed by atoms with Crippen molar-refractivity contribution < 1.29 is 0 Å². The number of hydrogen-bond acceptors (Lipinski definition) is 3. The van der Waals surface area contributed by atoms with Crippen molar-refractivity contribution in [3.05, 3.63) is 17.5 Å². The van der Waals surface area contributed by atoms with Crippen LogP contribution in [0.5, 0.6) is 0 Å². The van der Waals surface area contributed by atoms with E-state index in [1.807, 2.05) is 27.1 Å². The zero-order chi connectivity index (χ0) is 9.84. The topological polar surface area (TPSA) is 53.6 Å². The minimum Gasteiger partial charge on any atom is -0.298 e. The van der Waals surface area contributed by atoms with Crippen molar-refractivity contribution in [3.63, 3.8) is 0 Å². The highest BCUT2D eigenvalue weighted by Gasteiger charge is 2.09. The van der Waals surface area contributed by atoms with Crippen molar-refractivity contribution in [1.82, 2.24) is 15.1 Å². The van der Waals surface area contributed by atoms with E-state index < -0.39 is 0 Å². The van der Waals surface area contributed by atoms with E-state index in [1.165, 1.54) is 0 Å². The molecule has 1 rings (SSSR count). The van der Waals surface area contributed by atoms with Gasteiger partial charge in [-0.15, -0.1) is 0 Å². The summed E-state index contributed by atoms with van der Waals surface area (Å²) in [5, 5.41) is 15.7. The van der Waals surface area contributed by atoms with Crippen LogP contribution in [0.2, 0.25) is 0 Å². The summed E-state index contributed by atoms with van der Waals surface area (Å²) in [6.45, 7) is 4.37. The van der Waals surface area contributed by atoms with E-state index in [-0.39, 0.29) is 6.04 Å². The second-order valence-electron chi connectivity index (χ2n) is 3.10. The van der Waals surface area contributed by atoms with Crippen LogP contribution in [0.3, 0.4) is 0 Å². The average molecular weight is 178 g/mol. The Morgan fingerprint density at radius 2 is 2.46 bits per heavy atom. The van der Waals surface area contributed by atoms with E-state index in [1.54, 1.807) is 4.68 Å². The molecular weight excluding hydrogens is 164 g/mol. The Morgan fingerprint density at radius 1 is 1.77 bits per heavy atom. The van der Waals surface area contributed by atoms with Gasteiger partial charge in [0.15, 0.2) is 0 Å². The SMILES string of the molecule is Cc1nn(C)cc1C(C)NCC#N. The molecule has 1 aromatic rings. The first-order chi connectivity index (χ1) is 6.15. The lowest BCUT2D eigenvalue weighted by Crippen LogP contribution is -2.18. The normalized spacial score (nSPS) is 12.5. The van der Waals surface area contributed by atoms with Crippen LogP contribution < -0.4 is 5.32 Å². The monoisotopic (exact) mass is 178 g/mol. The standard InChI is InChI=1S/C9H14N4/c1-7(11-5-4-10)9-6-13(3)12-8(9)2/h6-7,11H,5H2,1-3H3. The Kier molecular flexibility index (Phi) is 3.04. The molecule has 1 unspecified atom stereocenters. The fourth-order valence-electron chi connectivity index (χ4n) is 1.35.